The summed E-state index contributed by atoms with van der Waals surface area (Å²) < 4.78 is 4.46. The first-order valence-corrected chi connectivity index (χ1v) is 1.70. The summed E-state index contributed by atoms with van der Waals surface area (Å²) in [5.74, 6) is 0. The molecule has 0 aromatic carbocycles. The third-order valence-electron chi connectivity index (χ3n) is 0.167. The Balaban J connectivity index is 0. The molecule has 0 unspecified atom stereocenters. The van der Waals surface area contributed by atoms with Crippen molar-refractivity contribution in [2.75, 3.05) is 6.61 Å². The zero-order valence-electron chi connectivity index (χ0n) is 3.69. The van der Waals surface area contributed by atoms with Gasteiger partial charge in [0.25, 0.3) is 0 Å². The first kappa shape index (κ1) is 9.43. The van der Waals surface area contributed by atoms with E-state index in [1.807, 2.05) is 6.92 Å². The minimum atomic E-state index is 0. The Hall–Kier alpha value is 1.09. The van der Waals surface area contributed by atoms with Crippen LogP contribution in [0.5, 0.6) is 0 Å². The van der Waals surface area contributed by atoms with Crippen molar-refractivity contribution < 1.29 is 22.6 Å². The number of hydrogen-bond acceptors (Lipinski definition) is 1. The van der Waals surface area contributed by atoms with E-state index in [2.05, 4.69) is 20.4 Å². The van der Waals surface area contributed by atoms with Crippen LogP contribution in [-0.2, 0) is 3.79 Å². The molecule has 3 heteroatoms. The zero-order chi connectivity index (χ0) is 3.41. The smallest absolute Gasteiger partial charge is 0.760 e. The van der Waals surface area contributed by atoms with E-state index in [-0.39, 0.29) is 18.9 Å². The first-order chi connectivity index (χ1) is 1.91. The molecule has 0 heterocycles. The molecule has 0 aromatic heterocycles. The molecule has 0 aliphatic rings. The van der Waals surface area contributed by atoms with Crippen molar-refractivity contribution in [2.45, 2.75) is 6.92 Å². The van der Waals surface area contributed by atoms with Crippen LogP contribution >= 0.6 is 0 Å². The fourth-order valence-electron chi connectivity index (χ4n) is 0. The summed E-state index contributed by atoms with van der Waals surface area (Å²) in [6.07, 6.45) is 0. The molecule has 0 aliphatic heterocycles. The van der Waals surface area contributed by atoms with Gasteiger partial charge in [-0.05, 0) is 13.5 Å². The molecule has 1 nitrogen and oxygen atoms in total. The Labute approximate surface area is 53.0 Å². The molecule has 3 radical (unpaired) electrons. The van der Waals surface area contributed by atoms with Gasteiger partial charge in [0.2, 0.25) is 0 Å². The topological polar surface area (TPSA) is 9.23 Å². The largest absolute Gasteiger partial charge is 1.00 e. The summed E-state index contributed by atoms with van der Waals surface area (Å²) in [5.41, 5.74) is 0. The van der Waals surface area contributed by atoms with Crippen LogP contribution < -0.4 is 18.9 Å². The van der Waals surface area contributed by atoms with Gasteiger partial charge in [-0.25, -0.2) is 0 Å². The minimum absolute atomic E-state index is 0. The summed E-state index contributed by atoms with van der Waals surface area (Å²) in [7, 11) is 0. The Bertz CT molecular complexity index is 11.6. The fourth-order valence-corrected chi connectivity index (χ4v) is 0. The molecule has 0 aliphatic carbocycles. The molecule has 0 atom stereocenters. The SMILES string of the molecule is CC[O][Al-].[Li+]. The number of hydrogen-bond donors (Lipinski definition) is 0. The third kappa shape index (κ3) is 11.1. The van der Waals surface area contributed by atoms with Crippen molar-refractivity contribution in [3.63, 3.8) is 0 Å². The predicted octanol–water partition coefficient (Wildman–Crippen LogP) is -2.89. The van der Waals surface area contributed by atoms with Gasteiger partial charge in [0.05, 0.1) is 0 Å². The predicted molar refractivity (Wildman–Crippen MR) is 17.4 cm³/mol. The molecule has 5 heavy (non-hydrogen) atoms. The standard InChI is InChI=1S/C2H5O.Al.Li/c1-2-3;;/h2H2,1H3;;/q-1;;+1. The van der Waals surface area contributed by atoms with E-state index < -0.39 is 0 Å². The first-order valence-electron chi connectivity index (χ1n) is 1.23. The van der Waals surface area contributed by atoms with Crippen molar-refractivity contribution in [1.29, 1.82) is 0 Å². The Morgan fingerprint density at radius 3 is 2.00 bits per heavy atom. The maximum Gasteiger partial charge on any atom is 1.00 e. The van der Waals surface area contributed by atoms with Gasteiger partial charge in [-0.3, -0.25) is 0 Å². The van der Waals surface area contributed by atoms with Gasteiger partial charge in [-0.2, -0.15) is 0 Å². The van der Waals surface area contributed by atoms with Gasteiger partial charge < -0.3 is 20.4 Å². The maximum atomic E-state index is 4.46. The van der Waals surface area contributed by atoms with E-state index >= 15 is 0 Å². The second kappa shape index (κ2) is 8.92. The van der Waals surface area contributed by atoms with Crippen LogP contribution in [0.1, 0.15) is 6.92 Å². The number of rotatable bonds is 1. The van der Waals surface area contributed by atoms with E-state index in [0.717, 1.165) is 6.61 Å². The molecule has 0 fully saturated rings. The molecular weight excluding hydrogens is 73.9 g/mol. The summed E-state index contributed by atoms with van der Waals surface area (Å²) in [4.78, 5) is 0. The van der Waals surface area contributed by atoms with Crippen molar-refractivity contribution in [2.24, 2.45) is 0 Å². The minimum Gasteiger partial charge on any atom is -0.760 e. The van der Waals surface area contributed by atoms with Crippen molar-refractivity contribution >= 4 is 16.6 Å². The quantitative estimate of drug-likeness (QED) is 0.306. The van der Waals surface area contributed by atoms with Crippen LogP contribution in [0.4, 0.5) is 0 Å². The van der Waals surface area contributed by atoms with Crippen LogP contribution in [-0.4, -0.2) is 23.2 Å². The molecule has 0 bridgehead atoms. The monoisotopic (exact) mass is 79.0 g/mol. The summed E-state index contributed by atoms with van der Waals surface area (Å²) in [6.45, 7) is 2.72. The van der Waals surface area contributed by atoms with E-state index in [4.69, 9.17) is 0 Å². The molecule has 0 rings (SSSR count). The average molecular weight is 79.0 g/mol. The van der Waals surface area contributed by atoms with Crippen molar-refractivity contribution in [3.05, 3.63) is 0 Å². The van der Waals surface area contributed by atoms with Crippen LogP contribution in [0.15, 0.2) is 0 Å². The van der Waals surface area contributed by atoms with Gasteiger partial charge >= 0.3 is 18.9 Å². The zero-order valence-corrected chi connectivity index (χ0v) is 4.85. The van der Waals surface area contributed by atoms with Crippen molar-refractivity contribution in [1.82, 2.24) is 0 Å². The van der Waals surface area contributed by atoms with Crippen LogP contribution in [0.3, 0.4) is 0 Å². The fraction of sp³-hybridized carbons (Fsp3) is 1.00. The van der Waals surface area contributed by atoms with Crippen molar-refractivity contribution in [3.8, 4) is 0 Å². The van der Waals surface area contributed by atoms with E-state index in [1.165, 1.54) is 0 Å². The van der Waals surface area contributed by atoms with Gasteiger partial charge in [-0.1, -0.05) is 0 Å². The van der Waals surface area contributed by atoms with E-state index in [1.54, 1.807) is 0 Å². The maximum absolute atomic E-state index is 4.46. The van der Waals surface area contributed by atoms with E-state index in [9.17, 15) is 0 Å². The normalized spacial score (nSPS) is 6.00. The molecule has 0 spiro atoms. The van der Waals surface area contributed by atoms with Gasteiger partial charge in [0.1, 0.15) is 0 Å². The third-order valence-corrected chi connectivity index (χ3v) is 0.500. The molecule has 0 amide bonds. The van der Waals surface area contributed by atoms with Crippen LogP contribution in [0, 0.1) is 0 Å². The van der Waals surface area contributed by atoms with Gasteiger partial charge in [0, 0.05) is 0 Å². The van der Waals surface area contributed by atoms with Crippen LogP contribution in [0.25, 0.3) is 0 Å². The van der Waals surface area contributed by atoms with E-state index in [0.29, 0.717) is 0 Å². The molecular formula is C2H5AlLiO. The Morgan fingerprint density at radius 1 is 1.80 bits per heavy atom. The second-order valence-corrected chi connectivity index (χ2v) is 0.789. The van der Waals surface area contributed by atoms with Gasteiger partial charge in [-0.15, -0.1) is 0 Å². The Kier molecular flexibility index (Phi) is 16.8. The Morgan fingerprint density at radius 2 is 2.00 bits per heavy atom. The molecule has 0 aromatic rings. The summed E-state index contributed by atoms with van der Waals surface area (Å²) in [5, 5.41) is 0. The summed E-state index contributed by atoms with van der Waals surface area (Å²) >= 11 is 2.16. The molecule has 0 saturated heterocycles. The second-order valence-electron chi connectivity index (χ2n) is 0.455. The van der Waals surface area contributed by atoms with Gasteiger partial charge in [0.15, 0.2) is 0 Å². The molecule has 23 valence electrons. The summed E-state index contributed by atoms with van der Waals surface area (Å²) in [6, 6.07) is 0. The molecule has 0 N–H and O–H groups in total. The molecule has 0 saturated carbocycles. The van der Waals surface area contributed by atoms with Crippen LogP contribution in [0.2, 0.25) is 0 Å². The average Bonchev–Trinajstić information content (AvgIpc) is 1.37.